The van der Waals surface area contributed by atoms with Crippen molar-refractivity contribution in [2.24, 2.45) is 0 Å². The van der Waals surface area contributed by atoms with Crippen molar-refractivity contribution < 1.29 is 9.18 Å². The summed E-state index contributed by atoms with van der Waals surface area (Å²) in [4.78, 5) is 16.9. The lowest BCUT2D eigenvalue weighted by atomic mass is 10.2. The highest BCUT2D eigenvalue weighted by Crippen LogP contribution is 2.15. The molecule has 3 rings (SSSR count). The van der Waals surface area contributed by atoms with Crippen LogP contribution in [0.4, 0.5) is 14.9 Å². The largest absolute Gasteiger partial charge is 0.338 e. The first-order valence-corrected chi connectivity index (χ1v) is 9.87. The molecular formula is C22H26FN5O. The van der Waals surface area contributed by atoms with Crippen LogP contribution >= 0.6 is 0 Å². The highest BCUT2D eigenvalue weighted by molar-refractivity contribution is 5.90. The van der Waals surface area contributed by atoms with Gasteiger partial charge in [-0.15, -0.1) is 0 Å². The number of carbonyl (C=O) groups is 1. The van der Waals surface area contributed by atoms with Gasteiger partial charge in [0.1, 0.15) is 11.9 Å². The zero-order valence-electron chi connectivity index (χ0n) is 16.4. The lowest BCUT2D eigenvalue weighted by Crippen LogP contribution is -2.46. The molecule has 1 aliphatic heterocycles. The summed E-state index contributed by atoms with van der Waals surface area (Å²) in [7, 11) is 0. The highest BCUT2D eigenvalue weighted by atomic mass is 19.1. The molecule has 152 valence electrons. The van der Waals surface area contributed by atoms with E-state index < -0.39 is 5.82 Å². The average molecular weight is 395 g/mol. The number of amides is 2. The van der Waals surface area contributed by atoms with E-state index in [2.05, 4.69) is 44.7 Å². The number of nitriles is 1. The van der Waals surface area contributed by atoms with Gasteiger partial charge in [0.05, 0.1) is 11.3 Å². The molecule has 1 fully saturated rings. The van der Waals surface area contributed by atoms with E-state index in [4.69, 9.17) is 5.26 Å². The van der Waals surface area contributed by atoms with E-state index in [0.717, 1.165) is 51.8 Å². The summed E-state index contributed by atoms with van der Waals surface area (Å²) in [5.41, 5.74) is 1.76. The molecule has 2 N–H and O–H groups in total. The molecule has 29 heavy (non-hydrogen) atoms. The van der Waals surface area contributed by atoms with Crippen LogP contribution in [0.15, 0.2) is 48.5 Å². The Labute approximate surface area is 170 Å². The predicted octanol–water partition coefficient (Wildman–Crippen LogP) is 3.03. The number of benzene rings is 2. The molecular weight excluding hydrogens is 369 g/mol. The van der Waals surface area contributed by atoms with E-state index in [9.17, 15) is 9.18 Å². The number of halogens is 1. The topological polar surface area (TPSA) is 71.4 Å². The molecule has 1 saturated heterocycles. The quantitative estimate of drug-likeness (QED) is 0.707. The van der Waals surface area contributed by atoms with Crippen molar-refractivity contribution in [2.45, 2.75) is 13.0 Å². The fourth-order valence-electron chi connectivity index (χ4n) is 3.40. The number of rotatable bonds is 7. The Morgan fingerprint density at radius 1 is 1.07 bits per heavy atom. The van der Waals surface area contributed by atoms with Crippen LogP contribution in [-0.2, 0) is 6.54 Å². The van der Waals surface area contributed by atoms with Gasteiger partial charge in [0.2, 0.25) is 0 Å². The lowest BCUT2D eigenvalue weighted by molar-refractivity contribution is 0.126. The lowest BCUT2D eigenvalue weighted by Gasteiger charge is -2.34. The first kappa shape index (κ1) is 20.8. The second-order valence-electron chi connectivity index (χ2n) is 7.14. The van der Waals surface area contributed by atoms with Crippen molar-refractivity contribution in [1.82, 2.24) is 15.1 Å². The van der Waals surface area contributed by atoms with Gasteiger partial charge < -0.3 is 15.5 Å². The van der Waals surface area contributed by atoms with Gasteiger partial charge in [-0.25, -0.2) is 9.18 Å². The van der Waals surface area contributed by atoms with Gasteiger partial charge in [-0.05, 0) is 36.7 Å². The van der Waals surface area contributed by atoms with Crippen molar-refractivity contribution >= 4 is 11.7 Å². The minimum absolute atomic E-state index is 0.105. The molecule has 0 atom stereocenters. The van der Waals surface area contributed by atoms with E-state index >= 15 is 0 Å². The second kappa shape index (κ2) is 10.6. The van der Waals surface area contributed by atoms with Gasteiger partial charge in [-0.2, -0.15) is 5.26 Å². The van der Waals surface area contributed by atoms with E-state index in [-0.39, 0.29) is 11.6 Å². The molecule has 7 heteroatoms. The molecule has 0 aromatic heterocycles. The van der Waals surface area contributed by atoms with Crippen LogP contribution in [-0.4, -0.2) is 55.1 Å². The molecule has 1 heterocycles. The first-order valence-electron chi connectivity index (χ1n) is 9.87. The molecule has 0 bridgehead atoms. The number of hydrogen-bond acceptors (Lipinski definition) is 4. The van der Waals surface area contributed by atoms with Crippen molar-refractivity contribution in [1.29, 1.82) is 5.26 Å². The predicted molar refractivity (Wildman–Crippen MR) is 111 cm³/mol. The van der Waals surface area contributed by atoms with Gasteiger partial charge in [-0.1, -0.05) is 30.3 Å². The van der Waals surface area contributed by atoms with Crippen LogP contribution in [0, 0.1) is 17.1 Å². The maximum absolute atomic E-state index is 13.1. The molecule has 1 aliphatic rings. The summed E-state index contributed by atoms with van der Waals surface area (Å²) in [5, 5.41) is 14.4. The SMILES string of the molecule is N#Cc1cc(F)ccc1NC(=O)NCCCN1CCN(Cc2ccccc2)CC1. The van der Waals surface area contributed by atoms with Crippen molar-refractivity contribution in [3.63, 3.8) is 0 Å². The third-order valence-corrected chi connectivity index (χ3v) is 5.00. The third kappa shape index (κ3) is 6.56. The number of nitrogens with zero attached hydrogens (tertiary/aromatic N) is 3. The summed E-state index contributed by atoms with van der Waals surface area (Å²) < 4.78 is 13.1. The number of carbonyl (C=O) groups excluding carboxylic acids is 1. The fraction of sp³-hybridized carbons (Fsp3) is 0.364. The summed E-state index contributed by atoms with van der Waals surface area (Å²) in [6.07, 6.45) is 0.848. The Morgan fingerprint density at radius 3 is 2.52 bits per heavy atom. The number of anilines is 1. The minimum Gasteiger partial charge on any atom is -0.338 e. The summed E-state index contributed by atoms with van der Waals surface area (Å²) in [6, 6.07) is 15.7. The Balaban J connectivity index is 1.31. The molecule has 2 aromatic carbocycles. The zero-order valence-corrected chi connectivity index (χ0v) is 16.4. The molecule has 0 unspecified atom stereocenters. The first-order chi connectivity index (χ1) is 14.1. The molecule has 0 saturated carbocycles. The van der Waals surface area contributed by atoms with Gasteiger partial charge >= 0.3 is 6.03 Å². The van der Waals surface area contributed by atoms with Crippen molar-refractivity contribution in [2.75, 3.05) is 44.6 Å². The van der Waals surface area contributed by atoms with E-state index in [1.54, 1.807) is 0 Å². The van der Waals surface area contributed by atoms with E-state index in [0.29, 0.717) is 12.2 Å². The normalized spacial score (nSPS) is 14.9. The highest BCUT2D eigenvalue weighted by Gasteiger charge is 2.16. The van der Waals surface area contributed by atoms with Gasteiger partial charge in [0.15, 0.2) is 0 Å². The summed E-state index contributed by atoms with van der Waals surface area (Å²) in [5.74, 6) is -0.503. The standard InChI is InChI=1S/C22H26FN5O/c23-20-7-8-21(19(15-20)16-24)26-22(29)25-9-4-10-27-11-13-28(14-12-27)17-18-5-2-1-3-6-18/h1-3,5-8,15H,4,9-14,17H2,(H2,25,26,29). The third-order valence-electron chi connectivity index (χ3n) is 5.00. The number of urea groups is 1. The van der Waals surface area contributed by atoms with Crippen LogP contribution in [0.25, 0.3) is 0 Å². The molecule has 0 aliphatic carbocycles. The van der Waals surface area contributed by atoms with Crippen LogP contribution in [0.1, 0.15) is 17.5 Å². The molecule has 2 amide bonds. The smallest absolute Gasteiger partial charge is 0.319 e. The fourth-order valence-corrected chi connectivity index (χ4v) is 3.40. The number of hydrogen-bond donors (Lipinski definition) is 2. The van der Waals surface area contributed by atoms with Crippen molar-refractivity contribution in [3.05, 3.63) is 65.5 Å². The van der Waals surface area contributed by atoms with E-state index in [1.165, 1.54) is 17.7 Å². The van der Waals surface area contributed by atoms with Crippen LogP contribution in [0.2, 0.25) is 0 Å². The molecule has 2 aromatic rings. The average Bonchev–Trinajstić information content (AvgIpc) is 2.74. The second-order valence-corrected chi connectivity index (χ2v) is 7.14. The monoisotopic (exact) mass is 395 g/mol. The molecule has 0 spiro atoms. The zero-order chi connectivity index (χ0) is 20.5. The van der Waals surface area contributed by atoms with E-state index in [1.807, 2.05) is 12.1 Å². The van der Waals surface area contributed by atoms with Crippen LogP contribution in [0.3, 0.4) is 0 Å². The maximum atomic E-state index is 13.1. The minimum atomic E-state index is -0.503. The molecule has 0 radical (unpaired) electrons. The Morgan fingerprint density at radius 2 is 1.79 bits per heavy atom. The number of piperazine rings is 1. The Hall–Kier alpha value is -2.95. The van der Waals surface area contributed by atoms with Crippen molar-refractivity contribution in [3.8, 4) is 6.07 Å². The van der Waals surface area contributed by atoms with Gasteiger partial charge in [0.25, 0.3) is 0 Å². The summed E-state index contributed by atoms with van der Waals surface area (Å²) >= 11 is 0. The number of nitrogens with one attached hydrogen (secondary N) is 2. The Bertz CT molecular complexity index is 844. The van der Waals surface area contributed by atoms with Gasteiger partial charge in [0, 0.05) is 39.3 Å². The van der Waals surface area contributed by atoms with Gasteiger partial charge in [-0.3, -0.25) is 4.90 Å². The van der Waals surface area contributed by atoms with Crippen LogP contribution < -0.4 is 10.6 Å². The van der Waals surface area contributed by atoms with Crippen LogP contribution in [0.5, 0.6) is 0 Å². The molecule has 6 nitrogen and oxygen atoms in total. The summed E-state index contributed by atoms with van der Waals surface area (Å²) in [6.45, 7) is 6.61. The Kier molecular flexibility index (Phi) is 7.56. The maximum Gasteiger partial charge on any atom is 0.319 e.